The Labute approximate surface area is 118 Å². The number of nitriles is 1. The fraction of sp³-hybridized carbons (Fsp3) is 0.154. The maximum absolute atomic E-state index is 13.7. The van der Waals surface area contributed by atoms with Crippen LogP contribution in [0.5, 0.6) is 0 Å². The topological polar surface area (TPSA) is 86.0 Å². The Bertz CT molecular complexity index is 678. The van der Waals surface area contributed by atoms with E-state index in [0.717, 1.165) is 6.07 Å². The summed E-state index contributed by atoms with van der Waals surface area (Å²) in [6, 6.07) is 5.96. The third kappa shape index (κ3) is 3.52. The molecule has 1 aromatic carbocycles. The first-order valence-electron chi connectivity index (χ1n) is 5.71. The third-order valence-electron chi connectivity index (χ3n) is 2.49. The minimum atomic E-state index is -0.884. The number of thiazole rings is 1. The van der Waals surface area contributed by atoms with Gasteiger partial charge in [0.1, 0.15) is 5.82 Å². The summed E-state index contributed by atoms with van der Waals surface area (Å²) >= 11 is 1.27. The molecule has 0 saturated heterocycles. The van der Waals surface area contributed by atoms with Gasteiger partial charge in [0, 0.05) is 11.8 Å². The maximum atomic E-state index is 13.7. The highest BCUT2D eigenvalue weighted by atomic mass is 32.1. The summed E-state index contributed by atoms with van der Waals surface area (Å²) in [6.07, 6.45) is 0.345. The number of aryl methyl sites for hydroxylation is 1. The SMILES string of the molecule is N#Cc1ccc(Nc2nc(CCC(=O)O)cs2)c(F)c1. The van der Waals surface area contributed by atoms with Crippen LogP contribution in [-0.4, -0.2) is 16.1 Å². The molecule has 0 unspecified atom stereocenters. The average molecular weight is 291 g/mol. The van der Waals surface area contributed by atoms with Crippen LogP contribution in [0.4, 0.5) is 15.2 Å². The molecule has 20 heavy (non-hydrogen) atoms. The maximum Gasteiger partial charge on any atom is 0.303 e. The van der Waals surface area contributed by atoms with Gasteiger partial charge in [0.25, 0.3) is 0 Å². The van der Waals surface area contributed by atoms with E-state index in [9.17, 15) is 9.18 Å². The van der Waals surface area contributed by atoms with E-state index in [1.54, 1.807) is 5.38 Å². The van der Waals surface area contributed by atoms with Crippen molar-refractivity contribution in [1.29, 1.82) is 5.26 Å². The van der Waals surface area contributed by atoms with E-state index in [2.05, 4.69) is 10.3 Å². The lowest BCUT2D eigenvalue weighted by Crippen LogP contribution is -1.98. The molecule has 0 aliphatic heterocycles. The van der Waals surface area contributed by atoms with Crippen LogP contribution in [0.2, 0.25) is 0 Å². The molecule has 0 atom stereocenters. The molecule has 0 saturated carbocycles. The second-order valence-electron chi connectivity index (χ2n) is 3.97. The number of nitrogens with one attached hydrogen (secondary N) is 1. The van der Waals surface area contributed by atoms with Crippen LogP contribution in [0.1, 0.15) is 17.7 Å². The molecule has 0 spiro atoms. The zero-order valence-electron chi connectivity index (χ0n) is 10.3. The molecule has 0 radical (unpaired) electrons. The van der Waals surface area contributed by atoms with Crippen LogP contribution in [0.3, 0.4) is 0 Å². The van der Waals surface area contributed by atoms with Gasteiger partial charge in [0.05, 0.1) is 29.4 Å². The Kier molecular flexibility index (Phi) is 4.27. The van der Waals surface area contributed by atoms with Crippen molar-refractivity contribution >= 4 is 28.1 Å². The average Bonchev–Trinajstić information content (AvgIpc) is 2.86. The smallest absolute Gasteiger partial charge is 0.303 e. The lowest BCUT2D eigenvalue weighted by molar-refractivity contribution is -0.136. The van der Waals surface area contributed by atoms with Crippen molar-refractivity contribution < 1.29 is 14.3 Å². The van der Waals surface area contributed by atoms with Crippen LogP contribution < -0.4 is 5.32 Å². The number of anilines is 2. The van der Waals surface area contributed by atoms with Crippen LogP contribution in [0.25, 0.3) is 0 Å². The van der Waals surface area contributed by atoms with Gasteiger partial charge in [-0.3, -0.25) is 4.79 Å². The molecule has 2 rings (SSSR count). The van der Waals surface area contributed by atoms with Crippen LogP contribution in [-0.2, 0) is 11.2 Å². The molecule has 0 fully saturated rings. The van der Waals surface area contributed by atoms with E-state index in [-0.39, 0.29) is 17.7 Å². The number of hydrogen-bond donors (Lipinski definition) is 2. The summed E-state index contributed by atoms with van der Waals surface area (Å²) in [5, 5.41) is 22.3. The number of nitrogens with zero attached hydrogens (tertiary/aromatic N) is 2. The number of rotatable bonds is 5. The lowest BCUT2D eigenvalue weighted by atomic mass is 10.2. The number of carboxylic acids is 1. The van der Waals surface area contributed by atoms with E-state index >= 15 is 0 Å². The number of carbonyl (C=O) groups is 1. The predicted molar refractivity (Wildman–Crippen MR) is 72.5 cm³/mol. The minimum Gasteiger partial charge on any atom is -0.481 e. The highest BCUT2D eigenvalue weighted by Gasteiger charge is 2.08. The quantitative estimate of drug-likeness (QED) is 0.884. The molecule has 5 nitrogen and oxygen atoms in total. The zero-order valence-corrected chi connectivity index (χ0v) is 11.1. The molecule has 2 N–H and O–H groups in total. The number of halogens is 1. The fourth-order valence-corrected chi connectivity index (χ4v) is 2.27. The lowest BCUT2D eigenvalue weighted by Gasteiger charge is -2.03. The summed E-state index contributed by atoms with van der Waals surface area (Å²) in [7, 11) is 0. The van der Waals surface area contributed by atoms with Crippen molar-refractivity contribution in [2.24, 2.45) is 0 Å². The van der Waals surface area contributed by atoms with Gasteiger partial charge in [0.15, 0.2) is 5.13 Å². The van der Waals surface area contributed by atoms with Crippen molar-refractivity contribution in [3.63, 3.8) is 0 Å². The predicted octanol–water partition coefficient (Wildman–Crippen LogP) is 2.91. The molecule has 1 aromatic heterocycles. The van der Waals surface area contributed by atoms with E-state index in [1.165, 1.54) is 23.5 Å². The van der Waals surface area contributed by atoms with Gasteiger partial charge in [-0.2, -0.15) is 5.26 Å². The summed E-state index contributed by atoms with van der Waals surface area (Å²) in [5.74, 6) is -1.42. The Morgan fingerprint density at radius 1 is 1.55 bits per heavy atom. The number of aromatic nitrogens is 1. The molecule has 7 heteroatoms. The van der Waals surface area contributed by atoms with Gasteiger partial charge in [-0.05, 0) is 18.2 Å². The Morgan fingerprint density at radius 2 is 2.35 bits per heavy atom. The molecule has 1 heterocycles. The van der Waals surface area contributed by atoms with Gasteiger partial charge >= 0.3 is 5.97 Å². The first kappa shape index (κ1) is 14.0. The first-order chi connectivity index (χ1) is 9.58. The molecule has 0 amide bonds. The van der Waals surface area contributed by atoms with E-state index in [0.29, 0.717) is 17.2 Å². The minimum absolute atomic E-state index is 0.00833. The second kappa shape index (κ2) is 6.12. The molecule has 102 valence electrons. The monoisotopic (exact) mass is 291 g/mol. The van der Waals surface area contributed by atoms with E-state index in [1.807, 2.05) is 6.07 Å². The van der Waals surface area contributed by atoms with Gasteiger partial charge in [-0.1, -0.05) is 0 Å². The van der Waals surface area contributed by atoms with E-state index < -0.39 is 11.8 Å². The fourth-order valence-electron chi connectivity index (χ4n) is 1.52. The standard InChI is InChI=1S/C13H10FN3O2S/c14-10-5-8(6-15)1-3-11(10)17-13-16-9(7-20-13)2-4-12(18)19/h1,3,5,7H,2,4H2,(H,16,17)(H,18,19). The number of hydrogen-bond acceptors (Lipinski definition) is 5. The van der Waals surface area contributed by atoms with Crippen LogP contribution in [0.15, 0.2) is 23.6 Å². The van der Waals surface area contributed by atoms with Crippen LogP contribution in [0, 0.1) is 17.1 Å². The molecule has 0 aliphatic rings. The first-order valence-corrected chi connectivity index (χ1v) is 6.59. The summed E-state index contributed by atoms with van der Waals surface area (Å²) in [4.78, 5) is 14.6. The molecule has 0 bridgehead atoms. The Morgan fingerprint density at radius 3 is 3.00 bits per heavy atom. The number of carboxylic acid groups (broad SMARTS) is 1. The molecule has 0 aliphatic carbocycles. The molecule has 2 aromatic rings. The highest BCUT2D eigenvalue weighted by molar-refractivity contribution is 7.13. The van der Waals surface area contributed by atoms with Crippen LogP contribution >= 0.6 is 11.3 Å². The third-order valence-corrected chi connectivity index (χ3v) is 3.29. The zero-order chi connectivity index (χ0) is 14.5. The number of benzene rings is 1. The normalized spacial score (nSPS) is 10.0. The number of aliphatic carboxylic acids is 1. The largest absolute Gasteiger partial charge is 0.481 e. The van der Waals surface area contributed by atoms with Gasteiger partial charge in [-0.25, -0.2) is 9.37 Å². The molecular formula is C13H10FN3O2S. The Hall–Kier alpha value is -2.46. The summed E-state index contributed by atoms with van der Waals surface area (Å²) < 4.78 is 13.7. The second-order valence-corrected chi connectivity index (χ2v) is 4.83. The van der Waals surface area contributed by atoms with Gasteiger partial charge in [0.2, 0.25) is 0 Å². The summed E-state index contributed by atoms with van der Waals surface area (Å²) in [6.45, 7) is 0. The van der Waals surface area contributed by atoms with Crippen molar-refractivity contribution in [2.45, 2.75) is 12.8 Å². The Balaban J connectivity index is 2.07. The summed E-state index contributed by atoms with van der Waals surface area (Å²) in [5.41, 5.74) is 1.12. The van der Waals surface area contributed by atoms with Crippen molar-refractivity contribution in [3.05, 3.63) is 40.7 Å². The van der Waals surface area contributed by atoms with Gasteiger partial charge < -0.3 is 10.4 Å². The molecular weight excluding hydrogens is 281 g/mol. The van der Waals surface area contributed by atoms with E-state index in [4.69, 9.17) is 10.4 Å². The van der Waals surface area contributed by atoms with Crippen molar-refractivity contribution in [1.82, 2.24) is 4.98 Å². The van der Waals surface area contributed by atoms with Crippen molar-refractivity contribution in [2.75, 3.05) is 5.32 Å². The van der Waals surface area contributed by atoms with Gasteiger partial charge in [-0.15, -0.1) is 11.3 Å². The van der Waals surface area contributed by atoms with Crippen molar-refractivity contribution in [3.8, 4) is 6.07 Å². The highest BCUT2D eigenvalue weighted by Crippen LogP contribution is 2.24.